The summed E-state index contributed by atoms with van der Waals surface area (Å²) in [5.41, 5.74) is 1.56. The summed E-state index contributed by atoms with van der Waals surface area (Å²) in [5.74, 6) is 1.05. The largest absolute Gasteiger partial charge is 0.474 e. The van der Waals surface area contributed by atoms with Crippen LogP contribution in [0.5, 0.6) is 5.75 Å². The summed E-state index contributed by atoms with van der Waals surface area (Å²) < 4.78 is 5.40. The highest BCUT2D eigenvalue weighted by atomic mass is 16.5. The normalized spacial score (nSPS) is 16.4. The van der Waals surface area contributed by atoms with E-state index in [2.05, 4.69) is 11.6 Å². The van der Waals surface area contributed by atoms with Crippen molar-refractivity contribution < 1.29 is 14.8 Å². The highest BCUT2D eigenvalue weighted by Crippen LogP contribution is 2.32. The molecule has 0 atom stereocenters. The zero-order chi connectivity index (χ0) is 10.8. The van der Waals surface area contributed by atoms with E-state index in [0.29, 0.717) is 17.2 Å². The monoisotopic (exact) mass is 203 g/mol. The van der Waals surface area contributed by atoms with Crippen molar-refractivity contribution in [2.75, 3.05) is 6.44 Å². The second-order valence-electron chi connectivity index (χ2n) is 3.20. The van der Waals surface area contributed by atoms with E-state index >= 15 is 0 Å². The highest BCUT2D eigenvalue weighted by Gasteiger charge is 2.22. The summed E-state index contributed by atoms with van der Waals surface area (Å²) in [4.78, 5) is 3.91. The average Bonchev–Trinajstić information content (AvgIpc) is 2.54. The first-order chi connectivity index (χ1) is 7.18. The number of hydrogen-bond acceptors (Lipinski definition) is 4. The first-order valence-electron chi connectivity index (χ1n) is 4.55. The molecule has 76 valence electrons. The molecule has 0 fully saturated rings. The maximum absolute atomic E-state index is 8.68. The highest BCUT2D eigenvalue weighted by molar-refractivity contribution is 6.41. The molecule has 0 bridgehead atoms. The molecule has 1 aliphatic rings. The fourth-order valence-corrected chi connectivity index (χ4v) is 1.38. The number of hydrogen-bond donors (Lipinski definition) is 2. The Balaban J connectivity index is 2.24. The van der Waals surface area contributed by atoms with Crippen LogP contribution in [0.1, 0.15) is 5.56 Å². The third kappa shape index (κ3) is 1.93. The molecule has 0 saturated heterocycles. The summed E-state index contributed by atoms with van der Waals surface area (Å²) >= 11 is 0. The van der Waals surface area contributed by atoms with Crippen molar-refractivity contribution in [3.8, 4) is 5.75 Å². The van der Waals surface area contributed by atoms with Crippen molar-refractivity contribution >= 4 is 18.6 Å². The molecule has 0 aliphatic carbocycles. The van der Waals surface area contributed by atoms with Gasteiger partial charge in [0.2, 0.25) is 5.90 Å². The summed E-state index contributed by atoms with van der Waals surface area (Å²) in [6, 6.07) is 7.45. The van der Waals surface area contributed by atoms with Gasteiger partial charge in [-0.2, -0.15) is 0 Å². The number of benzene rings is 1. The summed E-state index contributed by atoms with van der Waals surface area (Å²) in [6.07, 6.45) is -0.109. The molecule has 0 unspecified atom stereocenters. The van der Waals surface area contributed by atoms with E-state index in [1.807, 2.05) is 24.3 Å². The Morgan fingerprint density at radius 2 is 2.07 bits per heavy atom. The SMILES string of the molecule is C=C1C(=NCB(O)O)Oc2ccccc21. The molecular formula is C10H10BNO3. The van der Waals surface area contributed by atoms with Gasteiger partial charge in [0.15, 0.2) is 0 Å². The van der Waals surface area contributed by atoms with Crippen LogP contribution in [0.3, 0.4) is 0 Å². The lowest BCUT2D eigenvalue weighted by Gasteiger charge is -1.98. The van der Waals surface area contributed by atoms with E-state index in [0.717, 1.165) is 5.56 Å². The van der Waals surface area contributed by atoms with Gasteiger partial charge in [0, 0.05) is 11.1 Å². The van der Waals surface area contributed by atoms with E-state index in [-0.39, 0.29) is 6.44 Å². The van der Waals surface area contributed by atoms with Crippen molar-refractivity contribution in [1.29, 1.82) is 0 Å². The van der Waals surface area contributed by atoms with E-state index in [9.17, 15) is 0 Å². The standard InChI is InChI=1S/C10H10BNO3/c1-7-8-4-2-3-5-9(8)15-10(7)12-6-11(13)14/h2-5,13-14H,1,6H2. The Morgan fingerprint density at radius 3 is 2.73 bits per heavy atom. The van der Waals surface area contributed by atoms with Gasteiger partial charge < -0.3 is 14.8 Å². The number of fused-ring (bicyclic) bond motifs is 1. The predicted molar refractivity (Wildman–Crippen MR) is 58.6 cm³/mol. The van der Waals surface area contributed by atoms with Crippen LogP contribution in [0.15, 0.2) is 35.8 Å². The lowest BCUT2D eigenvalue weighted by atomic mass is 9.93. The maximum atomic E-state index is 8.68. The van der Waals surface area contributed by atoms with Gasteiger partial charge in [-0.15, -0.1) is 0 Å². The zero-order valence-electron chi connectivity index (χ0n) is 8.05. The molecule has 0 amide bonds. The Bertz CT molecular complexity index is 428. The molecule has 5 heteroatoms. The van der Waals surface area contributed by atoms with Crippen molar-refractivity contribution in [3.05, 3.63) is 36.4 Å². The molecule has 2 rings (SSSR count). The third-order valence-corrected chi connectivity index (χ3v) is 2.08. The smallest absolute Gasteiger partial charge is 0.438 e. The van der Waals surface area contributed by atoms with Crippen molar-refractivity contribution in [1.82, 2.24) is 0 Å². The Labute approximate surface area is 87.7 Å². The fourth-order valence-electron chi connectivity index (χ4n) is 1.38. The van der Waals surface area contributed by atoms with Crippen LogP contribution < -0.4 is 4.74 Å². The van der Waals surface area contributed by atoms with Crippen LogP contribution in [-0.2, 0) is 0 Å². The topological polar surface area (TPSA) is 62.1 Å². The van der Waals surface area contributed by atoms with Crippen LogP contribution in [0.2, 0.25) is 0 Å². The lowest BCUT2D eigenvalue weighted by Crippen LogP contribution is -2.18. The van der Waals surface area contributed by atoms with Gasteiger partial charge in [-0.3, -0.25) is 4.99 Å². The van der Waals surface area contributed by atoms with Crippen LogP contribution >= 0.6 is 0 Å². The van der Waals surface area contributed by atoms with Crippen molar-refractivity contribution in [2.45, 2.75) is 0 Å². The molecule has 0 saturated carbocycles. The average molecular weight is 203 g/mol. The lowest BCUT2D eigenvalue weighted by molar-refractivity contribution is 0.407. The molecule has 15 heavy (non-hydrogen) atoms. The first kappa shape index (κ1) is 9.95. The van der Waals surface area contributed by atoms with Gasteiger partial charge in [-0.1, -0.05) is 24.8 Å². The minimum absolute atomic E-state index is 0.109. The van der Waals surface area contributed by atoms with Gasteiger partial charge in [-0.25, -0.2) is 0 Å². The van der Waals surface area contributed by atoms with Crippen LogP contribution in [-0.4, -0.2) is 29.5 Å². The number of ether oxygens (including phenoxy) is 1. The van der Waals surface area contributed by atoms with Gasteiger partial charge >= 0.3 is 7.12 Å². The van der Waals surface area contributed by atoms with E-state index in [1.165, 1.54) is 0 Å². The molecule has 1 aromatic rings. The number of rotatable bonds is 2. The van der Waals surface area contributed by atoms with Gasteiger partial charge in [-0.05, 0) is 6.07 Å². The van der Waals surface area contributed by atoms with Gasteiger partial charge in [0.05, 0.1) is 6.44 Å². The number of para-hydroxylation sites is 1. The molecule has 1 heterocycles. The molecule has 2 N–H and O–H groups in total. The second-order valence-corrected chi connectivity index (χ2v) is 3.20. The van der Waals surface area contributed by atoms with Crippen molar-refractivity contribution in [3.63, 3.8) is 0 Å². The summed E-state index contributed by atoms with van der Waals surface area (Å²) in [6.45, 7) is 3.84. The molecule has 0 radical (unpaired) electrons. The van der Waals surface area contributed by atoms with Crippen LogP contribution in [0.4, 0.5) is 0 Å². The number of aliphatic imine (C=N–C) groups is 1. The molecule has 1 aromatic carbocycles. The van der Waals surface area contributed by atoms with E-state index in [4.69, 9.17) is 14.8 Å². The summed E-state index contributed by atoms with van der Waals surface area (Å²) in [7, 11) is -1.46. The first-order valence-corrected chi connectivity index (χ1v) is 4.55. The summed E-state index contributed by atoms with van der Waals surface area (Å²) in [5, 5.41) is 17.4. The van der Waals surface area contributed by atoms with Gasteiger partial charge in [0.1, 0.15) is 5.75 Å². The molecule has 0 spiro atoms. The molecule has 1 aliphatic heterocycles. The minimum Gasteiger partial charge on any atom is -0.438 e. The third-order valence-electron chi connectivity index (χ3n) is 2.08. The molecule has 0 aromatic heterocycles. The predicted octanol–water partition coefficient (Wildman–Crippen LogP) is 0.503. The quantitative estimate of drug-likeness (QED) is 0.688. The second kappa shape index (κ2) is 3.88. The Morgan fingerprint density at radius 1 is 1.33 bits per heavy atom. The fraction of sp³-hybridized carbons (Fsp3) is 0.100. The molecular weight excluding hydrogens is 193 g/mol. The van der Waals surface area contributed by atoms with E-state index < -0.39 is 7.12 Å². The van der Waals surface area contributed by atoms with Crippen molar-refractivity contribution in [2.24, 2.45) is 4.99 Å². The minimum atomic E-state index is -1.46. The molecule has 4 nitrogen and oxygen atoms in total. The van der Waals surface area contributed by atoms with Gasteiger partial charge in [0.25, 0.3) is 0 Å². The Hall–Kier alpha value is -1.59. The Kier molecular flexibility index (Phi) is 2.57. The zero-order valence-corrected chi connectivity index (χ0v) is 8.05. The van der Waals surface area contributed by atoms with Crippen LogP contribution in [0, 0.1) is 0 Å². The number of nitrogens with zero attached hydrogens (tertiary/aromatic N) is 1. The van der Waals surface area contributed by atoms with Crippen LogP contribution in [0.25, 0.3) is 5.57 Å². The van der Waals surface area contributed by atoms with E-state index in [1.54, 1.807) is 0 Å². The maximum Gasteiger partial charge on any atom is 0.474 e.